The number of carbonyl (C=O) groups is 1. The average Bonchev–Trinajstić information content (AvgIpc) is 2.73. The number of rotatable bonds is 3. The first-order chi connectivity index (χ1) is 8.15. The van der Waals surface area contributed by atoms with Gasteiger partial charge in [-0.05, 0) is 19.1 Å². The maximum atomic E-state index is 11.8. The summed E-state index contributed by atoms with van der Waals surface area (Å²) in [5, 5.41) is 6.90. The molecule has 0 aliphatic carbocycles. The number of aryl methyl sites for hydroxylation is 2. The molecule has 1 amide bonds. The average molecular weight is 229 g/mol. The molecule has 0 fully saturated rings. The van der Waals surface area contributed by atoms with Gasteiger partial charge >= 0.3 is 0 Å². The zero-order valence-corrected chi connectivity index (χ0v) is 9.97. The summed E-state index contributed by atoms with van der Waals surface area (Å²) in [6, 6.07) is 7.51. The molecule has 2 rings (SSSR count). The van der Waals surface area contributed by atoms with E-state index in [0.29, 0.717) is 12.1 Å². The second-order valence-electron chi connectivity index (χ2n) is 4.07. The van der Waals surface area contributed by atoms with Crippen molar-refractivity contribution in [1.82, 2.24) is 15.1 Å². The van der Waals surface area contributed by atoms with E-state index in [0.717, 1.165) is 11.1 Å². The van der Waals surface area contributed by atoms with Crippen LogP contribution in [0.15, 0.2) is 36.7 Å². The van der Waals surface area contributed by atoms with Crippen molar-refractivity contribution in [2.24, 2.45) is 7.05 Å². The fraction of sp³-hybridized carbons (Fsp3) is 0.231. The van der Waals surface area contributed by atoms with Gasteiger partial charge in [-0.1, -0.05) is 17.7 Å². The minimum atomic E-state index is -0.0612. The summed E-state index contributed by atoms with van der Waals surface area (Å²) in [5.41, 5.74) is 2.82. The molecular formula is C13H15N3O. The number of nitrogens with one attached hydrogen (secondary N) is 1. The van der Waals surface area contributed by atoms with Crippen molar-refractivity contribution in [3.63, 3.8) is 0 Å². The summed E-state index contributed by atoms with van der Waals surface area (Å²) < 4.78 is 1.72. The van der Waals surface area contributed by atoms with Crippen LogP contribution in [0.5, 0.6) is 0 Å². The lowest BCUT2D eigenvalue weighted by Crippen LogP contribution is -2.22. The van der Waals surface area contributed by atoms with E-state index in [1.165, 1.54) is 0 Å². The van der Waals surface area contributed by atoms with E-state index in [2.05, 4.69) is 10.4 Å². The molecule has 4 heteroatoms. The Morgan fingerprint density at radius 3 is 2.65 bits per heavy atom. The molecule has 0 saturated carbocycles. The highest BCUT2D eigenvalue weighted by Crippen LogP contribution is 2.03. The second kappa shape index (κ2) is 4.82. The number of hydrogen-bond donors (Lipinski definition) is 1. The molecule has 1 aromatic heterocycles. The van der Waals surface area contributed by atoms with Crippen molar-refractivity contribution in [3.05, 3.63) is 53.3 Å². The molecule has 17 heavy (non-hydrogen) atoms. The molecule has 4 nitrogen and oxygen atoms in total. The fourth-order valence-corrected chi connectivity index (χ4v) is 1.55. The zero-order valence-electron chi connectivity index (χ0n) is 9.97. The standard InChI is InChI=1S/C13H15N3O/c1-10-3-5-12(6-4-10)13(17)14-7-11-8-15-16(2)9-11/h3-6,8-9H,7H2,1-2H3,(H,14,17). The number of nitrogens with zero attached hydrogens (tertiary/aromatic N) is 2. The number of amides is 1. The van der Waals surface area contributed by atoms with Gasteiger partial charge < -0.3 is 5.32 Å². The molecule has 0 spiro atoms. The highest BCUT2D eigenvalue weighted by Gasteiger charge is 2.04. The first-order valence-corrected chi connectivity index (χ1v) is 5.47. The highest BCUT2D eigenvalue weighted by atomic mass is 16.1. The predicted molar refractivity (Wildman–Crippen MR) is 65.6 cm³/mol. The molecular weight excluding hydrogens is 214 g/mol. The molecule has 0 radical (unpaired) electrons. The van der Waals surface area contributed by atoms with E-state index in [9.17, 15) is 4.79 Å². The molecule has 0 atom stereocenters. The summed E-state index contributed by atoms with van der Waals surface area (Å²) in [7, 11) is 1.85. The molecule has 88 valence electrons. The van der Waals surface area contributed by atoms with Gasteiger partial charge in [0.05, 0.1) is 6.20 Å². The number of benzene rings is 1. The fourth-order valence-electron chi connectivity index (χ4n) is 1.55. The van der Waals surface area contributed by atoms with Crippen LogP contribution in [0.25, 0.3) is 0 Å². The van der Waals surface area contributed by atoms with E-state index in [1.807, 2.05) is 44.4 Å². The smallest absolute Gasteiger partial charge is 0.251 e. The molecule has 1 N–H and O–H groups in total. The van der Waals surface area contributed by atoms with Gasteiger partial charge in [-0.25, -0.2) is 0 Å². The topological polar surface area (TPSA) is 46.9 Å². The van der Waals surface area contributed by atoms with Gasteiger partial charge in [0.25, 0.3) is 5.91 Å². The SMILES string of the molecule is Cc1ccc(C(=O)NCc2cnn(C)c2)cc1. The Morgan fingerprint density at radius 1 is 1.35 bits per heavy atom. The third-order valence-corrected chi connectivity index (χ3v) is 2.53. The van der Waals surface area contributed by atoms with Crippen molar-refractivity contribution in [2.45, 2.75) is 13.5 Å². The lowest BCUT2D eigenvalue weighted by atomic mass is 10.1. The van der Waals surface area contributed by atoms with Crippen molar-refractivity contribution in [2.75, 3.05) is 0 Å². The van der Waals surface area contributed by atoms with Crippen LogP contribution in [0.4, 0.5) is 0 Å². The highest BCUT2D eigenvalue weighted by molar-refractivity contribution is 5.94. The van der Waals surface area contributed by atoms with Gasteiger partial charge in [-0.3, -0.25) is 9.48 Å². The Morgan fingerprint density at radius 2 is 2.06 bits per heavy atom. The predicted octanol–water partition coefficient (Wildman–Crippen LogP) is 1.66. The Hall–Kier alpha value is -2.10. The molecule has 1 heterocycles. The minimum Gasteiger partial charge on any atom is -0.348 e. The van der Waals surface area contributed by atoms with Crippen molar-refractivity contribution in [3.8, 4) is 0 Å². The minimum absolute atomic E-state index is 0.0612. The van der Waals surface area contributed by atoms with Crippen LogP contribution in [0, 0.1) is 6.92 Å². The van der Waals surface area contributed by atoms with Gasteiger partial charge in [-0.15, -0.1) is 0 Å². The van der Waals surface area contributed by atoms with Crippen molar-refractivity contribution >= 4 is 5.91 Å². The molecule has 0 unspecified atom stereocenters. The van der Waals surface area contributed by atoms with Crippen LogP contribution in [0.1, 0.15) is 21.5 Å². The molecule has 0 aliphatic heterocycles. The summed E-state index contributed by atoms with van der Waals surface area (Å²) >= 11 is 0. The Bertz CT molecular complexity index is 514. The molecule has 0 aliphatic rings. The van der Waals surface area contributed by atoms with E-state index in [-0.39, 0.29) is 5.91 Å². The van der Waals surface area contributed by atoms with Crippen LogP contribution < -0.4 is 5.32 Å². The van der Waals surface area contributed by atoms with Crippen molar-refractivity contribution in [1.29, 1.82) is 0 Å². The van der Waals surface area contributed by atoms with E-state index < -0.39 is 0 Å². The van der Waals surface area contributed by atoms with Gasteiger partial charge in [0.15, 0.2) is 0 Å². The van der Waals surface area contributed by atoms with Gasteiger partial charge in [0.1, 0.15) is 0 Å². The van der Waals surface area contributed by atoms with Crippen LogP contribution in [0.3, 0.4) is 0 Å². The monoisotopic (exact) mass is 229 g/mol. The lowest BCUT2D eigenvalue weighted by molar-refractivity contribution is 0.0951. The summed E-state index contributed by atoms with van der Waals surface area (Å²) in [6.07, 6.45) is 3.63. The Balaban J connectivity index is 1.95. The molecule has 0 bridgehead atoms. The normalized spacial score (nSPS) is 10.2. The second-order valence-corrected chi connectivity index (χ2v) is 4.07. The summed E-state index contributed by atoms with van der Waals surface area (Å²) in [6.45, 7) is 2.50. The van der Waals surface area contributed by atoms with E-state index >= 15 is 0 Å². The number of hydrogen-bond acceptors (Lipinski definition) is 2. The first-order valence-electron chi connectivity index (χ1n) is 5.47. The molecule has 1 aromatic carbocycles. The van der Waals surface area contributed by atoms with Crippen LogP contribution in [0.2, 0.25) is 0 Å². The Kier molecular flexibility index (Phi) is 3.23. The van der Waals surface area contributed by atoms with E-state index in [4.69, 9.17) is 0 Å². The third-order valence-electron chi connectivity index (χ3n) is 2.53. The zero-order chi connectivity index (χ0) is 12.3. The first kappa shape index (κ1) is 11.4. The van der Waals surface area contributed by atoms with E-state index in [1.54, 1.807) is 10.9 Å². The maximum Gasteiger partial charge on any atom is 0.251 e. The summed E-state index contributed by atoms with van der Waals surface area (Å²) in [5.74, 6) is -0.0612. The Labute approximate surface area is 100 Å². The van der Waals surface area contributed by atoms with Crippen molar-refractivity contribution < 1.29 is 4.79 Å². The van der Waals surface area contributed by atoms with Gasteiger partial charge in [0.2, 0.25) is 0 Å². The largest absolute Gasteiger partial charge is 0.348 e. The maximum absolute atomic E-state index is 11.8. The third kappa shape index (κ3) is 2.93. The summed E-state index contributed by atoms with van der Waals surface area (Å²) in [4.78, 5) is 11.8. The van der Waals surface area contributed by atoms with Crippen LogP contribution in [-0.4, -0.2) is 15.7 Å². The van der Waals surface area contributed by atoms with Gasteiger partial charge in [0, 0.05) is 30.9 Å². The number of aromatic nitrogens is 2. The number of carbonyl (C=O) groups excluding carboxylic acids is 1. The van der Waals surface area contributed by atoms with Gasteiger partial charge in [-0.2, -0.15) is 5.10 Å². The van der Waals surface area contributed by atoms with Crippen LogP contribution >= 0.6 is 0 Å². The van der Waals surface area contributed by atoms with Crippen LogP contribution in [-0.2, 0) is 13.6 Å². The molecule has 2 aromatic rings. The quantitative estimate of drug-likeness (QED) is 0.870. The lowest BCUT2D eigenvalue weighted by Gasteiger charge is -2.03. The molecule has 0 saturated heterocycles.